The van der Waals surface area contributed by atoms with Crippen LogP contribution in [0.25, 0.3) is 0 Å². The van der Waals surface area contributed by atoms with E-state index in [4.69, 9.17) is 0 Å². The Morgan fingerprint density at radius 2 is 1.23 bits per heavy atom. The number of carboxylic acids is 1. The first-order chi connectivity index (χ1) is 10.2. The number of nitrogens with one attached hydrogen (secondary N) is 1. The molecule has 0 fully saturated rings. The number of aliphatic carboxylic acids is 1. The van der Waals surface area contributed by atoms with Gasteiger partial charge < -0.3 is 15.2 Å². The van der Waals surface area contributed by atoms with Gasteiger partial charge in [0.15, 0.2) is 0 Å². The van der Waals surface area contributed by atoms with Crippen molar-refractivity contribution in [3.05, 3.63) is 0 Å². The third kappa shape index (κ3) is 20.1. The zero-order valence-electron chi connectivity index (χ0n) is 14.6. The molecule has 0 aromatic carbocycles. The fourth-order valence-electron chi connectivity index (χ4n) is 2.38. The summed E-state index contributed by atoms with van der Waals surface area (Å²) in [5.74, 6) is -1.08. The predicted molar refractivity (Wildman–Crippen MR) is 84.0 cm³/mol. The molecule has 0 aromatic heterocycles. The Labute approximate surface area is 158 Å². The monoisotopic (exact) mass is 321 g/mol. The van der Waals surface area contributed by atoms with Gasteiger partial charge in [-0.05, 0) is 6.42 Å². The van der Waals surface area contributed by atoms with E-state index in [0.29, 0.717) is 6.42 Å². The van der Waals surface area contributed by atoms with Crippen molar-refractivity contribution in [2.75, 3.05) is 13.1 Å². The first kappa shape index (κ1) is 24.4. The molecule has 0 atom stereocenters. The second-order valence-corrected chi connectivity index (χ2v) is 5.80. The summed E-state index contributed by atoms with van der Waals surface area (Å²) in [7, 11) is 0. The molecule has 0 heterocycles. The molecule has 0 bridgehead atoms. The van der Waals surface area contributed by atoms with Crippen molar-refractivity contribution >= 4 is 11.8 Å². The van der Waals surface area contributed by atoms with Crippen LogP contribution in [0.5, 0.6) is 0 Å². The van der Waals surface area contributed by atoms with Gasteiger partial charge in [0.2, 0.25) is 0 Å². The van der Waals surface area contributed by atoms with E-state index in [-0.39, 0.29) is 48.4 Å². The summed E-state index contributed by atoms with van der Waals surface area (Å²) >= 11 is 0. The molecule has 4 nitrogen and oxygen atoms in total. The summed E-state index contributed by atoms with van der Waals surface area (Å²) in [6, 6.07) is 0. The normalized spacial score (nSPS) is 10.2. The molecule has 0 spiro atoms. The average molecular weight is 321 g/mol. The summed E-state index contributed by atoms with van der Waals surface area (Å²) in [5.41, 5.74) is 0. The number of carbonyl (C=O) groups is 2. The average Bonchev–Trinajstić information content (AvgIpc) is 2.44. The number of carboxylic acid groups (broad SMARTS) is 1. The molecule has 1 N–H and O–H groups in total. The van der Waals surface area contributed by atoms with Crippen molar-refractivity contribution in [1.29, 1.82) is 0 Å². The third-order valence-corrected chi connectivity index (χ3v) is 3.65. The first-order valence-electron chi connectivity index (χ1n) is 8.59. The quantitative estimate of drug-likeness (QED) is 0.310. The molecule has 0 radical (unpaired) electrons. The van der Waals surface area contributed by atoms with Crippen molar-refractivity contribution < 1.29 is 44.3 Å². The van der Waals surface area contributed by atoms with E-state index in [0.717, 1.165) is 12.8 Å². The van der Waals surface area contributed by atoms with Crippen molar-refractivity contribution in [2.45, 2.75) is 84.0 Å². The summed E-state index contributed by atoms with van der Waals surface area (Å²) < 4.78 is 0. The molecule has 0 saturated carbocycles. The van der Waals surface area contributed by atoms with Gasteiger partial charge >= 0.3 is 29.6 Å². The second-order valence-electron chi connectivity index (χ2n) is 5.80. The van der Waals surface area contributed by atoms with Crippen LogP contribution in [0.2, 0.25) is 0 Å². The molecule has 124 valence electrons. The molecule has 0 aliphatic rings. The Morgan fingerprint density at radius 3 is 1.68 bits per heavy atom. The van der Waals surface area contributed by atoms with Crippen LogP contribution in [-0.2, 0) is 9.59 Å². The molecular weight excluding hydrogens is 289 g/mol. The van der Waals surface area contributed by atoms with Gasteiger partial charge in [-0.15, -0.1) is 0 Å². The van der Waals surface area contributed by atoms with E-state index in [9.17, 15) is 14.7 Å². The zero-order chi connectivity index (χ0) is 15.8. The number of hydrogen-bond donors (Lipinski definition) is 1. The third-order valence-electron chi connectivity index (χ3n) is 3.65. The summed E-state index contributed by atoms with van der Waals surface area (Å²) in [6.07, 6.45) is 14.5. The number of Topliss-reactive ketones (excluding diaryl/α,β-unsaturated/α-hetero) is 1. The molecule has 5 heteroatoms. The Morgan fingerprint density at radius 1 is 0.773 bits per heavy atom. The molecule has 22 heavy (non-hydrogen) atoms. The van der Waals surface area contributed by atoms with E-state index in [1.54, 1.807) is 0 Å². The number of carbonyl (C=O) groups excluding carboxylic acids is 2. The van der Waals surface area contributed by atoms with E-state index < -0.39 is 5.97 Å². The van der Waals surface area contributed by atoms with Crippen molar-refractivity contribution in [3.8, 4) is 0 Å². The minimum atomic E-state index is -1.17. The first-order valence-corrected chi connectivity index (χ1v) is 8.59. The smallest absolute Gasteiger partial charge is 0.549 e. The van der Waals surface area contributed by atoms with E-state index in [1.807, 2.05) is 0 Å². The van der Waals surface area contributed by atoms with E-state index >= 15 is 0 Å². The Balaban J connectivity index is 0. The summed E-state index contributed by atoms with van der Waals surface area (Å²) in [6.45, 7) is 2.14. The summed E-state index contributed by atoms with van der Waals surface area (Å²) in [4.78, 5) is 21.6. The fraction of sp³-hybridized carbons (Fsp3) is 0.882. The van der Waals surface area contributed by atoms with Crippen LogP contribution in [0, 0.1) is 0 Å². The number of unbranched alkanes of at least 4 members (excludes halogenated alkanes) is 10. The molecule has 0 aliphatic heterocycles. The fourth-order valence-corrected chi connectivity index (χ4v) is 2.38. The van der Waals surface area contributed by atoms with Gasteiger partial charge in [-0.1, -0.05) is 71.1 Å². The minimum absolute atomic E-state index is 0. The van der Waals surface area contributed by atoms with Crippen molar-refractivity contribution in [2.24, 2.45) is 0 Å². The van der Waals surface area contributed by atoms with Gasteiger partial charge in [-0.3, -0.25) is 4.79 Å². The van der Waals surface area contributed by atoms with Crippen molar-refractivity contribution in [3.63, 3.8) is 0 Å². The maximum absolute atomic E-state index is 11.4. The molecule has 0 rings (SSSR count). The molecule has 0 unspecified atom stereocenters. The van der Waals surface area contributed by atoms with Gasteiger partial charge in [-0.25, -0.2) is 0 Å². The predicted octanol–water partition coefficient (Wildman–Crippen LogP) is -0.400. The summed E-state index contributed by atoms with van der Waals surface area (Å²) in [5, 5.41) is 12.7. The Kier molecular flexibility index (Phi) is 21.2. The van der Waals surface area contributed by atoms with Crippen LogP contribution in [0.1, 0.15) is 84.0 Å². The van der Waals surface area contributed by atoms with Crippen LogP contribution >= 0.6 is 0 Å². The number of rotatable bonds is 16. The topological polar surface area (TPSA) is 69.2 Å². The van der Waals surface area contributed by atoms with Gasteiger partial charge in [0.1, 0.15) is 5.78 Å². The van der Waals surface area contributed by atoms with E-state index in [2.05, 4.69) is 12.2 Å². The zero-order valence-corrected chi connectivity index (χ0v) is 16.6. The van der Waals surface area contributed by atoms with Crippen LogP contribution < -0.4 is 40.0 Å². The molecular formula is C17H32NNaO3. The van der Waals surface area contributed by atoms with Crippen LogP contribution in [0.15, 0.2) is 0 Å². The molecule has 0 aromatic rings. The van der Waals surface area contributed by atoms with Crippen LogP contribution in [-0.4, -0.2) is 24.8 Å². The minimum Gasteiger partial charge on any atom is -0.549 e. The standard InChI is InChI=1S/C17H33NO3.Na/c1-2-3-4-5-6-7-8-9-10-11-12-13-16(19)14-18-15-17(20)21;/h18H,2-15H2,1H3,(H,20,21);/q;+1/p-1. The van der Waals surface area contributed by atoms with Crippen molar-refractivity contribution in [1.82, 2.24) is 5.32 Å². The number of ketones is 1. The van der Waals surface area contributed by atoms with Crippen LogP contribution in [0.3, 0.4) is 0 Å². The van der Waals surface area contributed by atoms with Gasteiger partial charge in [0.25, 0.3) is 0 Å². The van der Waals surface area contributed by atoms with Gasteiger partial charge in [0, 0.05) is 13.0 Å². The van der Waals surface area contributed by atoms with Crippen LogP contribution in [0.4, 0.5) is 0 Å². The van der Waals surface area contributed by atoms with E-state index in [1.165, 1.54) is 57.8 Å². The second kappa shape index (κ2) is 19.1. The largest absolute Gasteiger partial charge is 1.00 e. The number of hydrogen-bond acceptors (Lipinski definition) is 4. The maximum Gasteiger partial charge on any atom is 1.00 e. The Bertz CT molecular complexity index is 273. The molecule has 0 amide bonds. The molecule has 0 saturated heterocycles. The maximum atomic E-state index is 11.4. The SMILES string of the molecule is CCCCCCCCCCCCCC(=O)CNCC(=O)[O-].[Na+]. The van der Waals surface area contributed by atoms with Gasteiger partial charge in [0.05, 0.1) is 12.5 Å². The van der Waals surface area contributed by atoms with Gasteiger partial charge in [-0.2, -0.15) is 0 Å². The Hall–Kier alpha value is 0.100. The molecule has 0 aliphatic carbocycles.